The number of carbonyl (C=O) groups is 1. The summed E-state index contributed by atoms with van der Waals surface area (Å²) in [7, 11) is 3.79. The van der Waals surface area contributed by atoms with E-state index in [1.54, 1.807) is 0 Å². The Morgan fingerprint density at radius 2 is 2.06 bits per heavy atom. The van der Waals surface area contributed by atoms with Gasteiger partial charge in [0, 0.05) is 20.0 Å². The number of rotatable bonds is 6. The molecule has 1 aromatic carbocycles. The van der Waals surface area contributed by atoms with Crippen LogP contribution in [0.2, 0.25) is 0 Å². The van der Waals surface area contributed by atoms with E-state index in [1.807, 2.05) is 19.0 Å². The molecule has 0 radical (unpaired) electrons. The van der Waals surface area contributed by atoms with Gasteiger partial charge in [-0.05, 0) is 45.0 Å². The van der Waals surface area contributed by atoms with Gasteiger partial charge in [-0.2, -0.15) is 0 Å². The molecule has 1 N–H and O–H groups in total. The molecule has 0 aliphatic rings. The average Bonchev–Trinajstić information content (AvgIpc) is 2.34. The van der Waals surface area contributed by atoms with Crippen LogP contribution in [0.5, 0.6) is 0 Å². The molecule has 0 aromatic heterocycles. The lowest BCUT2D eigenvalue weighted by Crippen LogP contribution is -2.27. The van der Waals surface area contributed by atoms with Gasteiger partial charge in [0.2, 0.25) is 5.91 Å². The summed E-state index contributed by atoms with van der Waals surface area (Å²) >= 11 is 0. The van der Waals surface area contributed by atoms with Gasteiger partial charge in [0.05, 0.1) is 0 Å². The third-order valence-corrected chi connectivity index (χ3v) is 3.16. The molecule has 3 nitrogen and oxygen atoms in total. The van der Waals surface area contributed by atoms with Crippen molar-refractivity contribution in [3.8, 4) is 0 Å². The van der Waals surface area contributed by atoms with Crippen molar-refractivity contribution in [2.45, 2.75) is 33.2 Å². The van der Waals surface area contributed by atoms with Crippen LogP contribution in [0.25, 0.3) is 0 Å². The fourth-order valence-electron chi connectivity index (χ4n) is 1.92. The number of carbonyl (C=O) groups excluding carboxylic acids is 1. The van der Waals surface area contributed by atoms with Gasteiger partial charge in [0.15, 0.2) is 0 Å². The summed E-state index contributed by atoms with van der Waals surface area (Å²) in [5, 5.41) is 3.06. The summed E-state index contributed by atoms with van der Waals surface area (Å²) in [6.45, 7) is 5.76. The summed E-state index contributed by atoms with van der Waals surface area (Å²) < 4.78 is 0. The lowest BCUT2D eigenvalue weighted by molar-refractivity contribution is -0.130. The van der Waals surface area contributed by atoms with Gasteiger partial charge >= 0.3 is 0 Å². The Kier molecular flexibility index (Phi) is 5.86. The molecule has 0 bridgehead atoms. The van der Waals surface area contributed by atoms with E-state index in [4.69, 9.17) is 0 Å². The summed E-state index contributed by atoms with van der Waals surface area (Å²) in [5.41, 5.74) is 3.72. The highest BCUT2D eigenvalue weighted by Gasteiger charge is 2.10. The Morgan fingerprint density at radius 3 is 2.72 bits per heavy atom. The SMILES string of the molecule is CNCCCC(=O)N(C)Cc1cc(C)ccc1C. The minimum atomic E-state index is 0.214. The number of benzene rings is 1. The van der Waals surface area contributed by atoms with Crippen molar-refractivity contribution in [2.24, 2.45) is 0 Å². The van der Waals surface area contributed by atoms with Gasteiger partial charge in [-0.15, -0.1) is 0 Å². The number of amides is 1. The van der Waals surface area contributed by atoms with Crippen LogP contribution < -0.4 is 5.32 Å². The van der Waals surface area contributed by atoms with Crippen LogP contribution in [0.15, 0.2) is 18.2 Å². The molecule has 0 saturated carbocycles. The molecule has 3 heteroatoms. The van der Waals surface area contributed by atoms with Crippen LogP contribution in [-0.2, 0) is 11.3 Å². The standard InChI is InChI=1S/C15H24N2O/c1-12-7-8-13(2)14(10-12)11-17(4)15(18)6-5-9-16-3/h7-8,10,16H,5-6,9,11H2,1-4H3. The molecule has 0 aliphatic carbocycles. The highest BCUT2D eigenvalue weighted by atomic mass is 16.2. The summed E-state index contributed by atoms with van der Waals surface area (Å²) in [6, 6.07) is 6.38. The summed E-state index contributed by atoms with van der Waals surface area (Å²) in [4.78, 5) is 13.7. The Morgan fingerprint density at radius 1 is 1.33 bits per heavy atom. The Balaban J connectivity index is 2.55. The smallest absolute Gasteiger partial charge is 0.222 e. The molecule has 0 aliphatic heterocycles. The molecule has 0 atom stereocenters. The van der Waals surface area contributed by atoms with Crippen LogP contribution in [0.1, 0.15) is 29.5 Å². The van der Waals surface area contributed by atoms with Gasteiger partial charge in [0.25, 0.3) is 0 Å². The third kappa shape index (κ3) is 4.49. The van der Waals surface area contributed by atoms with Gasteiger partial charge in [-0.25, -0.2) is 0 Å². The maximum absolute atomic E-state index is 11.9. The molecule has 0 saturated heterocycles. The lowest BCUT2D eigenvalue weighted by Gasteiger charge is -2.19. The first-order valence-corrected chi connectivity index (χ1v) is 6.49. The Labute approximate surface area is 110 Å². The molecule has 0 heterocycles. The van der Waals surface area contributed by atoms with Crippen molar-refractivity contribution in [2.75, 3.05) is 20.6 Å². The molecule has 1 rings (SSSR count). The third-order valence-electron chi connectivity index (χ3n) is 3.16. The predicted molar refractivity (Wildman–Crippen MR) is 75.6 cm³/mol. The molecule has 100 valence electrons. The van der Waals surface area contributed by atoms with E-state index in [9.17, 15) is 4.79 Å². The second-order valence-electron chi connectivity index (χ2n) is 4.89. The molecule has 0 unspecified atom stereocenters. The maximum Gasteiger partial charge on any atom is 0.222 e. The zero-order valence-electron chi connectivity index (χ0n) is 11.9. The van der Waals surface area contributed by atoms with Crippen LogP contribution in [0.3, 0.4) is 0 Å². The molecule has 1 amide bonds. The monoisotopic (exact) mass is 248 g/mol. The molecular weight excluding hydrogens is 224 g/mol. The fourth-order valence-corrected chi connectivity index (χ4v) is 1.92. The second-order valence-corrected chi connectivity index (χ2v) is 4.89. The molecule has 18 heavy (non-hydrogen) atoms. The fraction of sp³-hybridized carbons (Fsp3) is 0.533. The van der Waals surface area contributed by atoms with Gasteiger partial charge in [-0.1, -0.05) is 23.8 Å². The first kappa shape index (κ1) is 14.7. The van der Waals surface area contributed by atoms with Crippen LogP contribution in [0.4, 0.5) is 0 Å². The lowest BCUT2D eigenvalue weighted by atomic mass is 10.1. The topological polar surface area (TPSA) is 32.3 Å². The zero-order chi connectivity index (χ0) is 13.5. The minimum Gasteiger partial charge on any atom is -0.341 e. The quantitative estimate of drug-likeness (QED) is 0.783. The minimum absolute atomic E-state index is 0.214. The van der Waals surface area contributed by atoms with Gasteiger partial charge in [-0.3, -0.25) is 4.79 Å². The first-order valence-electron chi connectivity index (χ1n) is 6.49. The highest BCUT2D eigenvalue weighted by Crippen LogP contribution is 2.13. The number of nitrogens with zero attached hydrogens (tertiary/aromatic N) is 1. The summed E-state index contributed by atoms with van der Waals surface area (Å²) in [5.74, 6) is 0.214. The van der Waals surface area contributed by atoms with E-state index in [0.717, 1.165) is 13.0 Å². The highest BCUT2D eigenvalue weighted by molar-refractivity contribution is 5.75. The van der Waals surface area contributed by atoms with Crippen molar-refractivity contribution in [1.82, 2.24) is 10.2 Å². The maximum atomic E-state index is 11.9. The van der Waals surface area contributed by atoms with Crippen molar-refractivity contribution < 1.29 is 4.79 Å². The van der Waals surface area contributed by atoms with Crippen molar-refractivity contribution in [3.63, 3.8) is 0 Å². The van der Waals surface area contributed by atoms with Crippen molar-refractivity contribution >= 4 is 5.91 Å². The van der Waals surface area contributed by atoms with E-state index < -0.39 is 0 Å². The van der Waals surface area contributed by atoms with Crippen LogP contribution in [-0.4, -0.2) is 31.4 Å². The number of hydrogen-bond acceptors (Lipinski definition) is 2. The number of nitrogens with one attached hydrogen (secondary N) is 1. The van der Waals surface area contributed by atoms with E-state index in [1.165, 1.54) is 16.7 Å². The average molecular weight is 248 g/mol. The summed E-state index contributed by atoms with van der Waals surface area (Å²) in [6.07, 6.45) is 1.51. The van der Waals surface area contributed by atoms with E-state index >= 15 is 0 Å². The number of hydrogen-bond donors (Lipinski definition) is 1. The van der Waals surface area contributed by atoms with Crippen LogP contribution >= 0.6 is 0 Å². The Bertz CT molecular complexity index is 401. The largest absolute Gasteiger partial charge is 0.341 e. The second kappa shape index (κ2) is 7.17. The van der Waals surface area contributed by atoms with E-state index in [0.29, 0.717) is 13.0 Å². The van der Waals surface area contributed by atoms with Crippen molar-refractivity contribution in [3.05, 3.63) is 34.9 Å². The van der Waals surface area contributed by atoms with E-state index in [2.05, 4.69) is 37.4 Å². The molecule has 1 aromatic rings. The van der Waals surface area contributed by atoms with E-state index in [-0.39, 0.29) is 5.91 Å². The van der Waals surface area contributed by atoms with Gasteiger partial charge < -0.3 is 10.2 Å². The number of aryl methyl sites for hydroxylation is 2. The van der Waals surface area contributed by atoms with Crippen molar-refractivity contribution in [1.29, 1.82) is 0 Å². The molecular formula is C15H24N2O. The predicted octanol–water partition coefficient (Wildman–Crippen LogP) is 2.26. The normalized spacial score (nSPS) is 10.4. The molecule has 0 spiro atoms. The van der Waals surface area contributed by atoms with Crippen LogP contribution in [0, 0.1) is 13.8 Å². The first-order chi connectivity index (χ1) is 8.54. The Hall–Kier alpha value is -1.35. The zero-order valence-corrected chi connectivity index (χ0v) is 11.9. The molecule has 0 fully saturated rings. The van der Waals surface area contributed by atoms with Gasteiger partial charge in [0.1, 0.15) is 0 Å².